The quantitative estimate of drug-likeness (QED) is 0.856. The van der Waals surface area contributed by atoms with Crippen LogP contribution in [0, 0.1) is 0 Å². The Labute approximate surface area is 142 Å². The number of hydrogen-bond acceptors (Lipinski definition) is 3. The van der Waals surface area contributed by atoms with Crippen molar-refractivity contribution in [2.75, 3.05) is 32.1 Å². The second-order valence-electron chi connectivity index (χ2n) is 6.13. The molecule has 1 aromatic carbocycles. The van der Waals surface area contributed by atoms with Crippen LogP contribution < -0.4 is 10.2 Å². The fraction of sp³-hybridized carbons (Fsp3) is 0.529. The van der Waals surface area contributed by atoms with Crippen molar-refractivity contribution in [2.45, 2.75) is 31.2 Å². The maximum atomic E-state index is 12.5. The zero-order chi connectivity index (χ0) is 17.0. The number of anilines is 1. The molecule has 0 aromatic heterocycles. The second-order valence-corrected chi connectivity index (χ2v) is 6.79. The molecular weight excluding hydrogens is 314 g/mol. The van der Waals surface area contributed by atoms with Crippen molar-refractivity contribution >= 4 is 29.1 Å². The molecule has 23 heavy (non-hydrogen) atoms. The standard InChI is InChI=1S/C17H24ClN3O2/c1-12(18)16(22)19-14-8-10-21(11-9-14)17(23)13-4-6-15(7-5-13)20(2)3/h4-7,12,14H,8-11H2,1-3H3,(H,19,22). The summed E-state index contributed by atoms with van der Waals surface area (Å²) in [5, 5.41) is 2.40. The van der Waals surface area contributed by atoms with Crippen molar-refractivity contribution in [3.63, 3.8) is 0 Å². The summed E-state index contributed by atoms with van der Waals surface area (Å²) in [6, 6.07) is 7.72. The van der Waals surface area contributed by atoms with E-state index in [1.165, 1.54) is 0 Å². The molecule has 1 aliphatic heterocycles. The number of hydrogen-bond donors (Lipinski definition) is 1. The smallest absolute Gasteiger partial charge is 0.253 e. The van der Waals surface area contributed by atoms with Gasteiger partial charge in [-0.25, -0.2) is 0 Å². The van der Waals surface area contributed by atoms with E-state index in [9.17, 15) is 9.59 Å². The van der Waals surface area contributed by atoms with Gasteiger partial charge in [0.1, 0.15) is 5.38 Å². The lowest BCUT2D eigenvalue weighted by atomic mass is 10.0. The Hall–Kier alpha value is -1.75. The number of nitrogens with one attached hydrogen (secondary N) is 1. The van der Waals surface area contributed by atoms with Crippen molar-refractivity contribution in [1.29, 1.82) is 0 Å². The maximum Gasteiger partial charge on any atom is 0.253 e. The molecule has 0 saturated carbocycles. The first-order chi connectivity index (χ1) is 10.9. The molecule has 6 heteroatoms. The molecule has 2 rings (SSSR count). The molecule has 2 amide bonds. The zero-order valence-electron chi connectivity index (χ0n) is 13.9. The van der Waals surface area contributed by atoms with E-state index >= 15 is 0 Å². The third-order valence-electron chi connectivity index (χ3n) is 4.12. The number of piperidine rings is 1. The average molecular weight is 338 g/mol. The van der Waals surface area contributed by atoms with Crippen molar-refractivity contribution in [2.24, 2.45) is 0 Å². The lowest BCUT2D eigenvalue weighted by Crippen LogP contribution is -2.47. The van der Waals surface area contributed by atoms with Crippen LogP contribution in [0.4, 0.5) is 5.69 Å². The molecule has 1 N–H and O–H groups in total. The molecule has 1 aromatic rings. The molecule has 1 atom stereocenters. The summed E-state index contributed by atoms with van der Waals surface area (Å²) in [6.07, 6.45) is 1.52. The summed E-state index contributed by atoms with van der Waals surface area (Å²) in [7, 11) is 3.94. The van der Waals surface area contributed by atoms with Crippen LogP contribution in [-0.2, 0) is 4.79 Å². The number of halogens is 1. The van der Waals surface area contributed by atoms with E-state index in [-0.39, 0.29) is 17.9 Å². The van der Waals surface area contributed by atoms with Crippen LogP contribution >= 0.6 is 11.6 Å². The van der Waals surface area contributed by atoms with Crippen LogP contribution in [0.3, 0.4) is 0 Å². The number of carbonyl (C=O) groups excluding carboxylic acids is 2. The minimum absolute atomic E-state index is 0.0470. The molecular formula is C17H24ClN3O2. The van der Waals surface area contributed by atoms with Gasteiger partial charge in [0.15, 0.2) is 0 Å². The summed E-state index contributed by atoms with van der Waals surface area (Å²) in [5.41, 5.74) is 1.77. The van der Waals surface area contributed by atoms with Crippen molar-refractivity contribution < 1.29 is 9.59 Å². The van der Waals surface area contributed by atoms with Gasteiger partial charge >= 0.3 is 0 Å². The van der Waals surface area contributed by atoms with Gasteiger partial charge in [0.05, 0.1) is 0 Å². The molecule has 0 spiro atoms. The average Bonchev–Trinajstić information content (AvgIpc) is 2.55. The maximum absolute atomic E-state index is 12.5. The molecule has 0 bridgehead atoms. The van der Waals surface area contributed by atoms with Crippen molar-refractivity contribution in [1.82, 2.24) is 10.2 Å². The van der Waals surface area contributed by atoms with Crippen LogP contribution in [0.2, 0.25) is 0 Å². The van der Waals surface area contributed by atoms with Gasteiger partial charge in [-0.1, -0.05) is 0 Å². The van der Waals surface area contributed by atoms with Crippen LogP contribution in [0.25, 0.3) is 0 Å². The first-order valence-electron chi connectivity index (χ1n) is 7.89. The predicted molar refractivity (Wildman–Crippen MR) is 93.2 cm³/mol. The fourth-order valence-corrected chi connectivity index (χ4v) is 2.69. The molecule has 126 valence electrons. The van der Waals surface area contributed by atoms with Gasteiger partial charge in [0.2, 0.25) is 5.91 Å². The van der Waals surface area contributed by atoms with Gasteiger partial charge < -0.3 is 15.1 Å². The number of rotatable bonds is 4. The van der Waals surface area contributed by atoms with Gasteiger partial charge in [0.25, 0.3) is 5.91 Å². The zero-order valence-corrected chi connectivity index (χ0v) is 14.6. The molecule has 1 fully saturated rings. The number of nitrogens with zero attached hydrogens (tertiary/aromatic N) is 2. The Bertz CT molecular complexity index is 549. The summed E-state index contributed by atoms with van der Waals surface area (Å²) in [5.74, 6) is -0.0958. The highest BCUT2D eigenvalue weighted by molar-refractivity contribution is 6.30. The van der Waals surface area contributed by atoms with Gasteiger partial charge in [-0.05, 0) is 44.0 Å². The van der Waals surface area contributed by atoms with Crippen LogP contribution in [0.1, 0.15) is 30.1 Å². The highest BCUT2D eigenvalue weighted by atomic mass is 35.5. The van der Waals surface area contributed by atoms with E-state index in [4.69, 9.17) is 11.6 Å². The van der Waals surface area contributed by atoms with E-state index in [1.807, 2.05) is 48.2 Å². The SMILES string of the molecule is CC(Cl)C(=O)NC1CCN(C(=O)c2ccc(N(C)C)cc2)CC1. The van der Waals surface area contributed by atoms with E-state index in [2.05, 4.69) is 5.32 Å². The van der Waals surface area contributed by atoms with Gasteiger partial charge in [-0.3, -0.25) is 9.59 Å². The molecule has 1 heterocycles. The van der Waals surface area contributed by atoms with Crippen LogP contribution in [0.15, 0.2) is 24.3 Å². The normalized spacial score (nSPS) is 16.8. The van der Waals surface area contributed by atoms with Crippen LogP contribution in [-0.4, -0.2) is 55.3 Å². The molecule has 1 saturated heterocycles. The Balaban J connectivity index is 1.89. The Morgan fingerprint density at radius 3 is 2.26 bits per heavy atom. The number of benzene rings is 1. The summed E-state index contributed by atoms with van der Waals surface area (Å²) >= 11 is 5.76. The number of carbonyl (C=O) groups is 2. The summed E-state index contributed by atoms with van der Waals surface area (Å²) < 4.78 is 0. The number of likely N-dealkylation sites (tertiary alicyclic amines) is 1. The second kappa shape index (κ2) is 7.68. The first kappa shape index (κ1) is 17.6. The molecule has 1 aliphatic rings. The van der Waals surface area contributed by atoms with Crippen molar-refractivity contribution in [3.8, 4) is 0 Å². The van der Waals surface area contributed by atoms with Crippen molar-refractivity contribution in [3.05, 3.63) is 29.8 Å². The van der Waals surface area contributed by atoms with Crippen LogP contribution in [0.5, 0.6) is 0 Å². The van der Waals surface area contributed by atoms with Gasteiger partial charge in [-0.2, -0.15) is 0 Å². The lowest BCUT2D eigenvalue weighted by Gasteiger charge is -2.32. The topological polar surface area (TPSA) is 52.7 Å². The highest BCUT2D eigenvalue weighted by Crippen LogP contribution is 2.17. The lowest BCUT2D eigenvalue weighted by molar-refractivity contribution is -0.121. The molecule has 0 radical (unpaired) electrons. The number of amides is 2. The molecule has 5 nitrogen and oxygen atoms in total. The number of alkyl halides is 1. The summed E-state index contributed by atoms with van der Waals surface area (Å²) in [4.78, 5) is 28.0. The van der Waals surface area contributed by atoms with E-state index < -0.39 is 5.38 Å². The van der Waals surface area contributed by atoms with E-state index in [0.717, 1.165) is 18.5 Å². The van der Waals surface area contributed by atoms with E-state index in [0.29, 0.717) is 18.7 Å². The van der Waals surface area contributed by atoms with Gasteiger partial charge in [0, 0.05) is 44.5 Å². The Kier molecular flexibility index (Phi) is 5.88. The Morgan fingerprint density at radius 2 is 1.78 bits per heavy atom. The Morgan fingerprint density at radius 1 is 1.22 bits per heavy atom. The highest BCUT2D eigenvalue weighted by Gasteiger charge is 2.25. The third-order valence-corrected chi connectivity index (χ3v) is 4.32. The molecule has 0 aliphatic carbocycles. The third kappa shape index (κ3) is 4.61. The first-order valence-corrected chi connectivity index (χ1v) is 8.33. The van der Waals surface area contributed by atoms with E-state index in [1.54, 1.807) is 6.92 Å². The predicted octanol–water partition coefficient (Wildman–Crippen LogP) is 2.10. The minimum atomic E-state index is -0.523. The monoisotopic (exact) mass is 337 g/mol. The fourth-order valence-electron chi connectivity index (χ4n) is 2.63. The minimum Gasteiger partial charge on any atom is -0.378 e. The largest absolute Gasteiger partial charge is 0.378 e. The van der Waals surface area contributed by atoms with Gasteiger partial charge in [-0.15, -0.1) is 11.6 Å². The molecule has 1 unspecified atom stereocenters. The summed E-state index contributed by atoms with van der Waals surface area (Å²) in [6.45, 7) is 2.96.